The first-order chi connectivity index (χ1) is 7.04. The second-order valence-corrected chi connectivity index (χ2v) is 2.90. The molecule has 0 aliphatic heterocycles. The summed E-state index contributed by atoms with van der Waals surface area (Å²) in [6, 6.07) is -0.269. The molecule has 0 aliphatic rings. The van der Waals surface area contributed by atoms with Crippen molar-refractivity contribution in [2.24, 2.45) is 0 Å². The summed E-state index contributed by atoms with van der Waals surface area (Å²) in [7, 11) is 2.31. The van der Waals surface area contributed by atoms with E-state index in [2.05, 4.69) is 10.1 Å². The zero-order chi connectivity index (χ0) is 12.3. The summed E-state index contributed by atoms with van der Waals surface area (Å²) < 4.78 is 13.6. The van der Waals surface area contributed by atoms with Crippen LogP contribution in [0.3, 0.4) is 0 Å². The van der Waals surface area contributed by atoms with Gasteiger partial charge in [-0.3, -0.25) is 0 Å². The van der Waals surface area contributed by atoms with Gasteiger partial charge in [0.25, 0.3) is 0 Å². The van der Waals surface area contributed by atoms with E-state index < -0.39 is 12.1 Å². The number of hydrogen-bond donors (Lipinski definition) is 2. The summed E-state index contributed by atoms with van der Waals surface area (Å²) in [4.78, 5) is 10.8. The van der Waals surface area contributed by atoms with Crippen LogP contribution >= 0.6 is 11.6 Å². The molecule has 0 heterocycles. The molecule has 88 valence electrons. The molecule has 0 radical (unpaired) electrons. The van der Waals surface area contributed by atoms with E-state index >= 15 is 0 Å². The van der Waals surface area contributed by atoms with Crippen molar-refractivity contribution >= 4 is 24.7 Å². The van der Waals surface area contributed by atoms with Crippen LogP contribution in [-0.4, -0.2) is 49.8 Å². The van der Waals surface area contributed by atoms with Crippen molar-refractivity contribution in [1.82, 2.24) is 5.32 Å². The number of alkyl halides is 1. The van der Waals surface area contributed by atoms with Gasteiger partial charge in [-0.25, -0.2) is 4.79 Å². The van der Waals surface area contributed by atoms with Crippen molar-refractivity contribution in [3.63, 3.8) is 0 Å². The standard InChI is InChI=1S/C7H15NO3.CH2BClO/c1-4-11-7(10)6(9)5(2)8-3;3-1-2-4/h5-6,8-9H,4H2,1-3H3;1H2/t5-,6+;/m0./s1. The molecule has 7 heteroatoms. The van der Waals surface area contributed by atoms with Gasteiger partial charge >= 0.3 is 35.2 Å². The molecule has 0 saturated heterocycles. The van der Waals surface area contributed by atoms with Gasteiger partial charge in [0, 0.05) is 6.04 Å². The third-order valence-corrected chi connectivity index (χ3v) is 1.65. The van der Waals surface area contributed by atoms with Crippen molar-refractivity contribution in [2.45, 2.75) is 26.0 Å². The van der Waals surface area contributed by atoms with Crippen molar-refractivity contribution in [2.75, 3.05) is 19.4 Å². The first-order valence-electron chi connectivity index (χ1n) is 4.56. The fourth-order valence-electron chi connectivity index (χ4n) is 0.590. The third kappa shape index (κ3) is 9.84. The van der Waals surface area contributed by atoms with Crippen LogP contribution in [0, 0.1) is 0 Å². The minimum absolute atomic E-state index is 0.111. The topological polar surface area (TPSA) is 75.6 Å². The normalized spacial score (nSPS) is 12.9. The van der Waals surface area contributed by atoms with Gasteiger partial charge in [-0.1, -0.05) is 0 Å². The monoisotopic (exact) mass is 237 g/mol. The van der Waals surface area contributed by atoms with Crippen LogP contribution in [0.4, 0.5) is 0 Å². The van der Waals surface area contributed by atoms with Gasteiger partial charge in [-0.05, 0) is 20.9 Å². The molecule has 0 aliphatic carbocycles. The molecule has 0 aromatic carbocycles. The van der Waals surface area contributed by atoms with Crippen LogP contribution < -0.4 is 5.32 Å². The number of esters is 1. The Morgan fingerprint density at radius 2 is 2.13 bits per heavy atom. The second kappa shape index (κ2) is 11.6. The van der Waals surface area contributed by atoms with E-state index in [9.17, 15) is 9.90 Å². The fourth-order valence-corrected chi connectivity index (χ4v) is 0.590. The van der Waals surface area contributed by atoms with Crippen LogP contribution in [0.5, 0.6) is 0 Å². The zero-order valence-electron chi connectivity index (χ0n) is 9.20. The number of rotatable bonds is 5. The Labute approximate surface area is 95.4 Å². The van der Waals surface area contributed by atoms with Crippen LogP contribution in [0.15, 0.2) is 0 Å². The fraction of sp³-hybridized carbons (Fsp3) is 0.875. The van der Waals surface area contributed by atoms with E-state index in [0.29, 0.717) is 13.8 Å². The molecule has 0 rings (SSSR count). The average molecular weight is 237 g/mol. The minimum atomic E-state index is -1.07. The number of halogens is 1. The summed E-state index contributed by atoms with van der Waals surface area (Å²) in [5, 5.41) is 11.9. The van der Waals surface area contributed by atoms with Crippen molar-refractivity contribution < 1.29 is 19.3 Å². The van der Waals surface area contributed by atoms with E-state index in [4.69, 9.17) is 16.3 Å². The van der Waals surface area contributed by atoms with Gasteiger partial charge in [-0.15, -0.1) is 0 Å². The van der Waals surface area contributed by atoms with Gasteiger partial charge in [-0.2, -0.15) is 0 Å². The van der Waals surface area contributed by atoms with E-state index in [1.165, 1.54) is 0 Å². The molecule has 0 aromatic heterocycles. The summed E-state index contributed by atoms with van der Waals surface area (Å²) in [5.41, 5.74) is 0. The first kappa shape index (κ1) is 17.0. The molecule has 5 nitrogen and oxygen atoms in total. The maximum absolute atomic E-state index is 10.8. The Balaban J connectivity index is 0. The zero-order valence-corrected chi connectivity index (χ0v) is 9.95. The predicted octanol–water partition coefficient (Wildman–Crippen LogP) is -0.249. The Hall–Kier alpha value is -0.455. The van der Waals surface area contributed by atoms with Crippen LogP contribution in [0.25, 0.3) is 0 Å². The number of likely N-dealkylation sites (N-methyl/N-ethyl adjacent to an activating group) is 1. The van der Waals surface area contributed by atoms with E-state index in [-0.39, 0.29) is 11.8 Å². The summed E-state index contributed by atoms with van der Waals surface area (Å²) in [6.45, 7) is 3.71. The van der Waals surface area contributed by atoms with Crippen LogP contribution in [0.2, 0.25) is 0 Å². The number of ether oxygens (including phenoxy) is 1. The molecule has 2 N–H and O–H groups in total. The van der Waals surface area contributed by atoms with Gasteiger partial charge in [0.1, 0.15) is 0 Å². The van der Waals surface area contributed by atoms with E-state index in [1.54, 1.807) is 20.9 Å². The number of carbonyl (C=O) groups excluding carboxylic acids is 1. The summed E-state index contributed by atoms with van der Waals surface area (Å²) in [6.07, 6.45) is -1.07. The van der Waals surface area contributed by atoms with Crippen molar-refractivity contribution in [3.05, 3.63) is 0 Å². The Morgan fingerprint density at radius 1 is 1.67 bits per heavy atom. The average Bonchev–Trinajstić information content (AvgIpc) is 2.27. The first-order valence-corrected chi connectivity index (χ1v) is 5.10. The number of aliphatic hydroxyl groups is 1. The molecule has 0 bridgehead atoms. The van der Waals surface area contributed by atoms with Gasteiger partial charge < -0.3 is 15.2 Å². The van der Waals surface area contributed by atoms with Gasteiger partial charge in [0.2, 0.25) is 0 Å². The Bertz CT molecular complexity index is 182. The molecule has 2 atom stereocenters. The summed E-state index contributed by atoms with van der Waals surface area (Å²) in [5.74, 6) is -0.464. The number of aliphatic hydroxyl groups excluding tert-OH is 1. The van der Waals surface area contributed by atoms with E-state index in [1.807, 2.05) is 0 Å². The predicted molar refractivity (Wildman–Crippen MR) is 58.3 cm³/mol. The van der Waals surface area contributed by atoms with Crippen LogP contribution in [-0.2, 0) is 14.2 Å². The molecule has 15 heavy (non-hydrogen) atoms. The van der Waals surface area contributed by atoms with Crippen molar-refractivity contribution in [3.8, 4) is 0 Å². The van der Waals surface area contributed by atoms with E-state index in [0.717, 1.165) is 0 Å². The Morgan fingerprint density at radius 3 is 2.40 bits per heavy atom. The molecule has 0 unspecified atom stereocenters. The van der Waals surface area contributed by atoms with Crippen LogP contribution in [0.1, 0.15) is 13.8 Å². The Kier molecular flexibility index (Phi) is 13.1. The molecule has 0 saturated carbocycles. The van der Waals surface area contributed by atoms with Gasteiger partial charge in [0.15, 0.2) is 6.10 Å². The molecule has 0 aromatic rings. The van der Waals surface area contributed by atoms with Crippen molar-refractivity contribution in [1.29, 1.82) is 0 Å². The molecular formula is C8H17BClNO4. The number of nitrogens with one attached hydrogen (secondary N) is 1. The molecule has 0 fully saturated rings. The maximum atomic E-state index is 10.8. The SMILES string of the molecule is CCOC(=O)[C@H](O)[C@H](C)NC.O=BCCl. The molecule has 0 spiro atoms. The number of carbonyl (C=O) groups is 1. The number of hydrogen-bond acceptors (Lipinski definition) is 5. The summed E-state index contributed by atoms with van der Waals surface area (Å²) >= 11 is 4.82. The third-order valence-electron chi connectivity index (χ3n) is 1.52. The quantitative estimate of drug-likeness (QED) is 0.392. The molecule has 0 amide bonds. The second-order valence-electron chi connectivity index (χ2n) is 2.60. The van der Waals surface area contributed by atoms with Gasteiger partial charge in [0.05, 0.1) is 6.61 Å². The molecular weight excluding hydrogens is 220 g/mol.